The number of hydrogen-bond acceptors (Lipinski definition) is 3. The Kier molecular flexibility index (Phi) is 5.14. The summed E-state index contributed by atoms with van der Waals surface area (Å²) in [5.74, 6) is 0.748. The van der Waals surface area contributed by atoms with Crippen LogP contribution in [0.5, 0.6) is 0 Å². The molecule has 0 saturated heterocycles. The van der Waals surface area contributed by atoms with Gasteiger partial charge in [0.2, 0.25) is 0 Å². The molecule has 0 aliphatic heterocycles. The summed E-state index contributed by atoms with van der Waals surface area (Å²) in [6.45, 7) is 3.50. The number of anilines is 1. The molecular formula is C20H22N4O. The van der Waals surface area contributed by atoms with Gasteiger partial charge < -0.3 is 15.2 Å². The summed E-state index contributed by atoms with van der Waals surface area (Å²) in [4.78, 5) is 21.8. The number of H-pyrrole nitrogens is 1. The summed E-state index contributed by atoms with van der Waals surface area (Å²) in [5.41, 5.74) is 3.80. The molecule has 2 N–H and O–H groups in total. The van der Waals surface area contributed by atoms with Crippen LogP contribution in [0.2, 0.25) is 0 Å². The van der Waals surface area contributed by atoms with Crippen LogP contribution >= 0.6 is 0 Å². The van der Waals surface area contributed by atoms with Crippen molar-refractivity contribution in [3.8, 4) is 11.4 Å². The molecule has 0 atom stereocenters. The molecule has 128 valence electrons. The zero-order valence-electron chi connectivity index (χ0n) is 14.5. The topological polar surface area (TPSA) is 61.0 Å². The molecule has 0 aliphatic carbocycles. The van der Waals surface area contributed by atoms with Gasteiger partial charge >= 0.3 is 0 Å². The van der Waals surface area contributed by atoms with Crippen LogP contribution in [0.3, 0.4) is 0 Å². The fourth-order valence-corrected chi connectivity index (χ4v) is 2.59. The predicted molar refractivity (Wildman–Crippen MR) is 101 cm³/mol. The molecule has 0 fully saturated rings. The molecule has 5 heteroatoms. The number of aromatic amines is 1. The Hall–Kier alpha value is -3.08. The predicted octanol–water partition coefficient (Wildman–Crippen LogP) is 3.46. The van der Waals surface area contributed by atoms with Crippen molar-refractivity contribution >= 4 is 11.6 Å². The Morgan fingerprint density at radius 1 is 1.20 bits per heavy atom. The third kappa shape index (κ3) is 4.07. The van der Waals surface area contributed by atoms with Crippen LogP contribution in [0.4, 0.5) is 5.69 Å². The third-order valence-corrected chi connectivity index (χ3v) is 4.20. The fourth-order valence-electron chi connectivity index (χ4n) is 2.59. The van der Waals surface area contributed by atoms with Crippen molar-refractivity contribution in [2.45, 2.75) is 13.5 Å². The summed E-state index contributed by atoms with van der Waals surface area (Å²) in [6, 6.07) is 15.6. The number of carbonyl (C=O) groups is 1. The van der Waals surface area contributed by atoms with E-state index in [-0.39, 0.29) is 5.91 Å². The van der Waals surface area contributed by atoms with Gasteiger partial charge in [0.15, 0.2) is 0 Å². The van der Waals surface area contributed by atoms with Crippen molar-refractivity contribution in [2.24, 2.45) is 0 Å². The zero-order valence-corrected chi connectivity index (χ0v) is 14.5. The highest BCUT2D eigenvalue weighted by atomic mass is 16.1. The van der Waals surface area contributed by atoms with Crippen molar-refractivity contribution in [1.29, 1.82) is 0 Å². The molecule has 1 aromatic heterocycles. The number of aromatic nitrogens is 2. The highest BCUT2D eigenvalue weighted by Gasteiger charge is 2.07. The summed E-state index contributed by atoms with van der Waals surface area (Å²) >= 11 is 0. The number of nitrogens with one attached hydrogen (secondary N) is 2. The first-order valence-electron chi connectivity index (χ1n) is 8.35. The second-order valence-electron chi connectivity index (χ2n) is 5.88. The van der Waals surface area contributed by atoms with Gasteiger partial charge in [0.1, 0.15) is 5.82 Å². The molecule has 3 rings (SSSR count). The van der Waals surface area contributed by atoms with E-state index >= 15 is 0 Å². The molecule has 0 saturated carbocycles. The normalized spacial score (nSPS) is 10.5. The van der Waals surface area contributed by atoms with Gasteiger partial charge in [0.25, 0.3) is 5.91 Å². The van der Waals surface area contributed by atoms with Crippen LogP contribution in [-0.4, -0.2) is 29.5 Å². The molecule has 1 amide bonds. The van der Waals surface area contributed by atoms with E-state index in [1.807, 2.05) is 55.6 Å². The second-order valence-corrected chi connectivity index (χ2v) is 5.88. The average molecular weight is 334 g/mol. The monoisotopic (exact) mass is 334 g/mol. The summed E-state index contributed by atoms with van der Waals surface area (Å²) in [7, 11) is 2.03. The highest BCUT2D eigenvalue weighted by molar-refractivity contribution is 5.94. The molecule has 5 nitrogen and oxygen atoms in total. The van der Waals surface area contributed by atoms with Crippen LogP contribution in [0, 0.1) is 0 Å². The molecule has 2 aromatic carbocycles. The molecular weight excluding hydrogens is 312 g/mol. The zero-order chi connectivity index (χ0) is 17.6. The van der Waals surface area contributed by atoms with Gasteiger partial charge in [-0.25, -0.2) is 4.98 Å². The first-order valence-corrected chi connectivity index (χ1v) is 8.35. The first-order chi connectivity index (χ1) is 12.2. The summed E-state index contributed by atoms with van der Waals surface area (Å²) in [5, 5.41) is 2.97. The molecule has 0 bridgehead atoms. The van der Waals surface area contributed by atoms with E-state index in [0.717, 1.165) is 29.2 Å². The lowest BCUT2D eigenvalue weighted by Gasteiger charge is -2.16. The molecule has 0 unspecified atom stereocenters. The van der Waals surface area contributed by atoms with E-state index in [9.17, 15) is 4.79 Å². The largest absolute Gasteiger partial charge is 0.375 e. The standard InChI is InChI=1S/C20H22N4O/c1-3-24(2)18-9-7-16(8-10-18)20(25)23-14-15-5-4-6-17(13-15)19-21-11-12-22-19/h4-13H,3,14H2,1-2H3,(H,21,22)(H,23,25). The Morgan fingerprint density at radius 2 is 2.00 bits per heavy atom. The van der Waals surface area contributed by atoms with Gasteiger partial charge in [-0.15, -0.1) is 0 Å². The maximum atomic E-state index is 12.3. The Bertz CT molecular complexity index is 825. The minimum absolute atomic E-state index is 0.0749. The van der Waals surface area contributed by atoms with Gasteiger partial charge in [0.05, 0.1) is 0 Å². The van der Waals surface area contributed by atoms with E-state index in [1.54, 1.807) is 12.4 Å². The number of carbonyl (C=O) groups excluding carboxylic acids is 1. The van der Waals surface area contributed by atoms with E-state index in [0.29, 0.717) is 12.1 Å². The summed E-state index contributed by atoms with van der Waals surface area (Å²) < 4.78 is 0. The average Bonchev–Trinajstić information content (AvgIpc) is 3.20. The van der Waals surface area contributed by atoms with Gasteiger partial charge in [-0.05, 0) is 42.8 Å². The van der Waals surface area contributed by atoms with Crippen LogP contribution in [-0.2, 0) is 6.54 Å². The van der Waals surface area contributed by atoms with Crippen molar-refractivity contribution in [2.75, 3.05) is 18.5 Å². The number of rotatable bonds is 6. The lowest BCUT2D eigenvalue weighted by molar-refractivity contribution is 0.0951. The number of nitrogens with zero attached hydrogens (tertiary/aromatic N) is 2. The van der Waals surface area contributed by atoms with E-state index in [1.165, 1.54) is 0 Å². The molecule has 0 aliphatic rings. The smallest absolute Gasteiger partial charge is 0.251 e. The molecule has 3 aromatic rings. The fraction of sp³-hybridized carbons (Fsp3) is 0.200. The minimum atomic E-state index is -0.0749. The molecule has 1 heterocycles. The van der Waals surface area contributed by atoms with Crippen LogP contribution in [0.1, 0.15) is 22.8 Å². The van der Waals surface area contributed by atoms with Gasteiger partial charge in [-0.3, -0.25) is 4.79 Å². The van der Waals surface area contributed by atoms with Crippen molar-refractivity contribution in [3.63, 3.8) is 0 Å². The Balaban J connectivity index is 1.63. The number of amides is 1. The van der Waals surface area contributed by atoms with Crippen LogP contribution in [0.15, 0.2) is 60.9 Å². The maximum Gasteiger partial charge on any atom is 0.251 e. The van der Waals surface area contributed by atoms with Gasteiger partial charge in [0, 0.05) is 49.3 Å². The highest BCUT2D eigenvalue weighted by Crippen LogP contribution is 2.16. The van der Waals surface area contributed by atoms with Crippen molar-refractivity contribution in [3.05, 3.63) is 72.1 Å². The Labute approximate surface area is 147 Å². The van der Waals surface area contributed by atoms with E-state index < -0.39 is 0 Å². The van der Waals surface area contributed by atoms with Crippen LogP contribution in [0.25, 0.3) is 11.4 Å². The van der Waals surface area contributed by atoms with E-state index in [4.69, 9.17) is 0 Å². The van der Waals surface area contributed by atoms with E-state index in [2.05, 4.69) is 27.1 Å². The first kappa shape index (κ1) is 16.8. The van der Waals surface area contributed by atoms with Crippen molar-refractivity contribution < 1.29 is 4.79 Å². The van der Waals surface area contributed by atoms with Gasteiger partial charge in [-0.2, -0.15) is 0 Å². The van der Waals surface area contributed by atoms with Crippen molar-refractivity contribution in [1.82, 2.24) is 15.3 Å². The quantitative estimate of drug-likeness (QED) is 0.726. The summed E-state index contributed by atoms with van der Waals surface area (Å²) in [6.07, 6.45) is 3.52. The molecule has 0 radical (unpaired) electrons. The minimum Gasteiger partial charge on any atom is -0.375 e. The molecule has 0 spiro atoms. The van der Waals surface area contributed by atoms with Crippen LogP contribution < -0.4 is 10.2 Å². The Morgan fingerprint density at radius 3 is 2.68 bits per heavy atom. The SMILES string of the molecule is CCN(C)c1ccc(C(=O)NCc2cccc(-c3ncc[nH]3)c2)cc1. The van der Waals surface area contributed by atoms with Gasteiger partial charge in [-0.1, -0.05) is 18.2 Å². The lowest BCUT2D eigenvalue weighted by atomic mass is 10.1. The number of hydrogen-bond donors (Lipinski definition) is 2. The number of imidazole rings is 1. The molecule has 25 heavy (non-hydrogen) atoms. The lowest BCUT2D eigenvalue weighted by Crippen LogP contribution is -2.23. The third-order valence-electron chi connectivity index (χ3n) is 4.20. The maximum absolute atomic E-state index is 12.3. The second kappa shape index (κ2) is 7.66. The number of benzene rings is 2.